The second-order valence-corrected chi connectivity index (χ2v) is 6.10. The molecule has 1 N–H and O–H groups in total. The van der Waals surface area contributed by atoms with Crippen LogP contribution in [0.5, 0.6) is 0 Å². The molecule has 0 heterocycles. The lowest BCUT2D eigenvalue weighted by Crippen LogP contribution is -2.37. The lowest BCUT2D eigenvalue weighted by molar-refractivity contribution is 0.0827. The standard InChI is InChI=1S/C16H24N2O/c1-11(2)13-9-15(10-13)17-14-7-5-6-12(8-14)16(19)18(3)4/h5-8,11,13,15,17H,9-10H2,1-4H3. The molecule has 2 rings (SSSR count). The predicted molar refractivity (Wildman–Crippen MR) is 79.4 cm³/mol. The molecule has 3 nitrogen and oxygen atoms in total. The lowest BCUT2D eigenvalue weighted by atomic mass is 9.73. The quantitative estimate of drug-likeness (QED) is 0.901. The van der Waals surface area contributed by atoms with Gasteiger partial charge in [0.25, 0.3) is 5.91 Å². The molecule has 0 bridgehead atoms. The Morgan fingerprint density at radius 2 is 2.00 bits per heavy atom. The van der Waals surface area contributed by atoms with Crippen molar-refractivity contribution in [3.63, 3.8) is 0 Å². The van der Waals surface area contributed by atoms with Crippen molar-refractivity contribution in [3.8, 4) is 0 Å². The minimum atomic E-state index is 0.0531. The SMILES string of the molecule is CC(C)C1CC(Nc2cccc(C(=O)N(C)C)c2)C1. The zero-order valence-corrected chi connectivity index (χ0v) is 12.3. The van der Waals surface area contributed by atoms with Gasteiger partial charge in [0, 0.05) is 31.4 Å². The van der Waals surface area contributed by atoms with Crippen LogP contribution in [0.2, 0.25) is 0 Å². The van der Waals surface area contributed by atoms with Gasteiger partial charge >= 0.3 is 0 Å². The number of rotatable bonds is 4. The third-order valence-electron chi connectivity index (χ3n) is 4.00. The van der Waals surface area contributed by atoms with Crippen molar-refractivity contribution in [1.82, 2.24) is 4.90 Å². The maximum atomic E-state index is 11.9. The first-order valence-corrected chi connectivity index (χ1v) is 7.05. The predicted octanol–water partition coefficient (Wildman–Crippen LogP) is 3.23. The van der Waals surface area contributed by atoms with Crippen LogP contribution in [0.3, 0.4) is 0 Å². The zero-order valence-electron chi connectivity index (χ0n) is 12.3. The van der Waals surface area contributed by atoms with Gasteiger partial charge in [0.15, 0.2) is 0 Å². The van der Waals surface area contributed by atoms with Crippen molar-refractivity contribution in [3.05, 3.63) is 29.8 Å². The Balaban J connectivity index is 1.95. The van der Waals surface area contributed by atoms with Crippen LogP contribution in [-0.4, -0.2) is 30.9 Å². The lowest BCUT2D eigenvalue weighted by Gasteiger charge is -2.39. The summed E-state index contributed by atoms with van der Waals surface area (Å²) < 4.78 is 0. The summed E-state index contributed by atoms with van der Waals surface area (Å²) in [5.74, 6) is 1.68. The van der Waals surface area contributed by atoms with Gasteiger partial charge in [0.05, 0.1) is 0 Å². The van der Waals surface area contributed by atoms with Gasteiger partial charge in [-0.2, -0.15) is 0 Å². The second-order valence-electron chi connectivity index (χ2n) is 6.10. The molecule has 0 aliphatic heterocycles. The molecule has 1 amide bonds. The fraction of sp³-hybridized carbons (Fsp3) is 0.562. The highest BCUT2D eigenvalue weighted by Crippen LogP contribution is 2.35. The summed E-state index contributed by atoms with van der Waals surface area (Å²) in [6.45, 7) is 4.58. The molecule has 1 fully saturated rings. The topological polar surface area (TPSA) is 32.3 Å². The Morgan fingerprint density at radius 3 is 2.58 bits per heavy atom. The summed E-state index contributed by atoms with van der Waals surface area (Å²) >= 11 is 0. The normalized spacial score (nSPS) is 21.9. The number of anilines is 1. The van der Waals surface area contributed by atoms with Crippen molar-refractivity contribution < 1.29 is 4.79 Å². The molecule has 0 aromatic heterocycles. The second kappa shape index (κ2) is 5.64. The third-order valence-corrected chi connectivity index (χ3v) is 4.00. The van der Waals surface area contributed by atoms with Gasteiger partial charge in [0.2, 0.25) is 0 Å². The number of amides is 1. The van der Waals surface area contributed by atoms with E-state index in [0.717, 1.165) is 23.1 Å². The molecule has 1 aromatic carbocycles. The average molecular weight is 260 g/mol. The van der Waals surface area contributed by atoms with E-state index in [-0.39, 0.29) is 5.91 Å². The molecule has 0 atom stereocenters. The molecular weight excluding hydrogens is 236 g/mol. The van der Waals surface area contributed by atoms with Crippen LogP contribution in [-0.2, 0) is 0 Å². The van der Waals surface area contributed by atoms with Gasteiger partial charge in [-0.15, -0.1) is 0 Å². The van der Waals surface area contributed by atoms with Crippen LogP contribution in [0, 0.1) is 11.8 Å². The summed E-state index contributed by atoms with van der Waals surface area (Å²) in [5, 5.41) is 3.53. The first-order chi connectivity index (χ1) is 8.97. The number of nitrogens with zero attached hydrogens (tertiary/aromatic N) is 1. The molecule has 3 heteroatoms. The summed E-state index contributed by atoms with van der Waals surface area (Å²) in [4.78, 5) is 13.5. The van der Waals surface area contributed by atoms with Gasteiger partial charge in [-0.1, -0.05) is 19.9 Å². The Kier molecular flexibility index (Phi) is 4.13. The van der Waals surface area contributed by atoms with Crippen LogP contribution in [0.15, 0.2) is 24.3 Å². The van der Waals surface area contributed by atoms with Gasteiger partial charge in [-0.3, -0.25) is 4.79 Å². The first kappa shape index (κ1) is 13.9. The molecule has 0 spiro atoms. The highest BCUT2D eigenvalue weighted by Gasteiger charge is 2.30. The smallest absolute Gasteiger partial charge is 0.253 e. The van der Waals surface area contributed by atoms with E-state index in [0.29, 0.717) is 6.04 Å². The molecular formula is C16H24N2O. The summed E-state index contributed by atoms with van der Waals surface area (Å²) in [6.07, 6.45) is 2.48. The number of hydrogen-bond acceptors (Lipinski definition) is 2. The Bertz CT molecular complexity index is 448. The van der Waals surface area contributed by atoms with Crippen LogP contribution in [0.1, 0.15) is 37.0 Å². The molecule has 1 saturated carbocycles. The summed E-state index contributed by atoms with van der Waals surface area (Å²) in [7, 11) is 3.56. The van der Waals surface area contributed by atoms with E-state index in [4.69, 9.17) is 0 Å². The van der Waals surface area contributed by atoms with Crippen molar-refractivity contribution in [2.24, 2.45) is 11.8 Å². The van der Waals surface area contributed by atoms with Crippen LogP contribution >= 0.6 is 0 Å². The van der Waals surface area contributed by atoms with Gasteiger partial charge in [0.1, 0.15) is 0 Å². The zero-order chi connectivity index (χ0) is 14.0. The molecule has 1 aliphatic rings. The molecule has 19 heavy (non-hydrogen) atoms. The van der Waals surface area contributed by atoms with Crippen molar-refractivity contribution in [2.45, 2.75) is 32.7 Å². The Hall–Kier alpha value is -1.51. The van der Waals surface area contributed by atoms with E-state index in [1.165, 1.54) is 12.8 Å². The fourth-order valence-electron chi connectivity index (χ4n) is 2.56. The van der Waals surface area contributed by atoms with E-state index in [2.05, 4.69) is 19.2 Å². The van der Waals surface area contributed by atoms with Crippen LogP contribution in [0.25, 0.3) is 0 Å². The minimum Gasteiger partial charge on any atom is -0.382 e. The Morgan fingerprint density at radius 1 is 1.32 bits per heavy atom. The van der Waals surface area contributed by atoms with Crippen molar-refractivity contribution in [2.75, 3.05) is 19.4 Å². The fourth-order valence-corrected chi connectivity index (χ4v) is 2.56. The molecule has 1 aromatic rings. The van der Waals surface area contributed by atoms with Crippen LogP contribution < -0.4 is 5.32 Å². The van der Waals surface area contributed by atoms with Gasteiger partial charge in [-0.25, -0.2) is 0 Å². The third kappa shape index (κ3) is 3.28. The van der Waals surface area contributed by atoms with E-state index < -0.39 is 0 Å². The number of benzene rings is 1. The maximum absolute atomic E-state index is 11.9. The van der Waals surface area contributed by atoms with Crippen molar-refractivity contribution >= 4 is 11.6 Å². The summed E-state index contributed by atoms with van der Waals surface area (Å²) in [6, 6.07) is 8.36. The number of nitrogens with one attached hydrogen (secondary N) is 1. The van der Waals surface area contributed by atoms with Crippen LogP contribution in [0.4, 0.5) is 5.69 Å². The first-order valence-electron chi connectivity index (χ1n) is 7.05. The largest absolute Gasteiger partial charge is 0.382 e. The maximum Gasteiger partial charge on any atom is 0.253 e. The number of carbonyl (C=O) groups excluding carboxylic acids is 1. The number of carbonyl (C=O) groups is 1. The van der Waals surface area contributed by atoms with Gasteiger partial charge in [-0.05, 0) is 42.9 Å². The van der Waals surface area contributed by atoms with E-state index in [1.807, 2.05) is 24.3 Å². The van der Waals surface area contributed by atoms with E-state index >= 15 is 0 Å². The number of hydrogen-bond donors (Lipinski definition) is 1. The van der Waals surface area contributed by atoms with E-state index in [1.54, 1.807) is 19.0 Å². The monoisotopic (exact) mass is 260 g/mol. The van der Waals surface area contributed by atoms with E-state index in [9.17, 15) is 4.79 Å². The molecule has 1 aliphatic carbocycles. The highest BCUT2D eigenvalue weighted by atomic mass is 16.2. The average Bonchev–Trinajstić information content (AvgIpc) is 2.32. The van der Waals surface area contributed by atoms with Crippen molar-refractivity contribution in [1.29, 1.82) is 0 Å². The molecule has 0 unspecified atom stereocenters. The molecule has 104 valence electrons. The Labute approximate surface area is 116 Å². The highest BCUT2D eigenvalue weighted by molar-refractivity contribution is 5.94. The van der Waals surface area contributed by atoms with Gasteiger partial charge < -0.3 is 10.2 Å². The minimum absolute atomic E-state index is 0.0531. The molecule has 0 saturated heterocycles. The molecule has 0 radical (unpaired) electrons. The summed E-state index contributed by atoms with van der Waals surface area (Å²) in [5.41, 5.74) is 1.80.